The lowest BCUT2D eigenvalue weighted by molar-refractivity contribution is -0.144. The molecule has 2 aliphatic rings. The first-order valence-electron chi connectivity index (χ1n) is 12.0. The van der Waals surface area contributed by atoms with E-state index in [4.69, 9.17) is 11.6 Å². The van der Waals surface area contributed by atoms with Crippen molar-refractivity contribution in [3.05, 3.63) is 63.0 Å². The fourth-order valence-electron chi connectivity index (χ4n) is 4.88. The van der Waals surface area contributed by atoms with Crippen LogP contribution >= 0.6 is 11.6 Å². The smallest absolute Gasteiger partial charge is 0.265 e. The van der Waals surface area contributed by atoms with Gasteiger partial charge in [-0.05, 0) is 30.7 Å². The van der Waals surface area contributed by atoms with Crippen molar-refractivity contribution in [3.8, 4) is 0 Å². The Morgan fingerprint density at radius 2 is 1.92 bits per heavy atom. The van der Waals surface area contributed by atoms with Crippen molar-refractivity contribution in [2.75, 3.05) is 36.6 Å². The maximum Gasteiger partial charge on any atom is 0.265 e. The molecule has 2 amide bonds. The Morgan fingerprint density at radius 3 is 2.54 bits per heavy atom. The first-order chi connectivity index (χ1) is 18.2. The molecular formula is C25H26ClFN6O5S. The van der Waals surface area contributed by atoms with Crippen molar-refractivity contribution in [1.29, 1.82) is 0 Å². The molecular weight excluding hydrogens is 551 g/mol. The van der Waals surface area contributed by atoms with E-state index in [1.54, 1.807) is 31.3 Å². The molecule has 1 aromatic carbocycles. The highest BCUT2D eigenvalue weighted by atomic mass is 35.5. The maximum atomic E-state index is 14.0. The standard InChI is InChI=1S/C25H26ClFN6O5S/c1-25(27)12-32(13-25)19(34)11-33-21-16(20-18(10-28-21)30-24(31(20)2)39(3,37)38)8-17(23(33)36)22(35)29-9-14-4-6-15(26)7-5-14/h4-8,10,24,30H,9,11-13H2,1-3H3,(H,29,35). The van der Waals surface area contributed by atoms with E-state index in [0.29, 0.717) is 21.8 Å². The minimum absolute atomic E-state index is 0.0904. The lowest BCUT2D eigenvalue weighted by Crippen LogP contribution is -2.60. The molecule has 2 aliphatic heterocycles. The summed E-state index contributed by atoms with van der Waals surface area (Å²) in [4.78, 5) is 46.8. The summed E-state index contributed by atoms with van der Waals surface area (Å²) in [7, 11) is -2.02. The number of anilines is 2. The monoisotopic (exact) mass is 576 g/mol. The minimum atomic E-state index is -3.58. The van der Waals surface area contributed by atoms with Crippen LogP contribution in [0.3, 0.4) is 0 Å². The third kappa shape index (κ3) is 5.03. The number of likely N-dealkylation sites (tertiary alicyclic amines) is 1. The summed E-state index contributed by atoms with van der Waals surface area (Å²) in [5.74, 6) is -1.20. The van der Waals surface area contributed by atoms with Crippen LogP contribution in [0, 0.1) is 0 Å². The summed E-state index contributed by atoms with van der Waals surface area (Å²) in [6.45, 7) is 0.812. The average Bonchev–Trinajstić information content (AvgIpc) is 3.20. The number of hydrogen-bond acceptors (Lipinski definition) is 8. The number of fused-ring (bicyclic) bond motifs is 3. The Hall–Kier alpha value is -3.71. The molecule has 14 heteroatoms. The number of aromatic nitrogens is 2. The molecule has 3 aromatic rings. The SMILES string of the molecule is CN1c2c(cnc3c2cc(C(=O)NCc2ccc(Cl)cc2)c(=O)n3CC(=O)N2CC(C)(F)C2)NC1S(C)(=O)=O. The van der Waals surface area contributed by atoms with E-state index < -0.39 is 44.9 Å². The normalized spacial score (nSPS) is 17.9. The number of alkyl halides is 1. The molecule has 206 valence electrons. The van der Waals surface area contributed by atoms with Gasteiger partial charge in [-0.3, -0.25) is 19.0 Å². The van der Waals surface area contributed by atoms with Crippen LogP contribution in [-0.4, -0.2) is 72.2 Å². The molecule has 39 heavy (non-hydrogen) atoms. The summed E-state index contributed by atoms with van der Waals surface area (Å²) in [5.41, 5.74) is -1.97. The third-order valence-electron chi connectivity index (χ3n) is 6.77. The van der Waals surface area contributed by atoms with Crippen molar-refractivity contribution in [2.45, 2.75) is 31.2 Å². The second kappa shape index (κ2) is 9.49. The van der Waals surface area contributed by atoms with Crippen LogP contribution in [0.15, 0.2) is 41.3 Å². The van der Waals surface area contributed by atoms with E-state index in [9.17, 15) is 27.2 Å². The van der Waals surface area contributed by atoms with E-state index in [2.05, 4.69) is 15.6 Å². The molecule has 1 fully saturated rings. The largest absolute Gasteiger partial charge is 0.350 e. The van der Waals surface area contributed by atoms with E-state index in [1.165, 1.54) is 29.0 Å². The number of rotatable bonds is 6. The van der Waals surface area contributed by atoms with Crippen LogP contribution in [0.4, 0.5) is 15.8 Å². The minimum Gasteiger partial charge on any atom is -0.350 e. The molecule has 0 bridgehead atoms. The van der Waals surface area contributed by atoms with Crippen LogP contribution in [0.2, 0.25) is 5.02 Å². The average molecular weight is 577 g/mol. The number of pyridine rings is 2. The molecule has 5 rings (SSSR count). The molecule has 11 nitrogen and oxygen atoms in total. The molecule has 4 heterocycles. The van der Waals surface area contributed by atoms with Crippen LogP contribution in [0.5, 0.6) is 0 Å². The summed E-state index contributed by atoms with van der Waals surface area (Å²) in [6, 6.07) is 8.16. The predicted molar refractivity (Wildman–Crippen MR) is 145 cm³/mol. The molecule has 0 radical (unpaired) electrons. The number of nitrogens with zero attached hydrogens (tertiary/aromatic N) is 4. The van der Waals surface area contributed by atoms with Crippen LogP contribution in [-0.2, 0) is 27.7 Å². The second-order valence-electron chi connectivity index (χ2n) is 10.1. The van der Waals surface area contributed by atoms with Gasteiger partial charge in [0.15, 0.2) is 9.84 Å². The fourth-order valence-corrected chi connectivity index (χ4v) is 6.03. The zero-order valence-corrected chi connectivity index (χ0v) is 22.9. The molecule has 2 N–H and O–H groups in total. The highest BCUT2D eigenvalue weighted by molar-refractivity contribution is 7.91. The number of nitrogens with one attached hydrogen (secondary N) is 2. The summed E-state index contributed by atoms with van der Waals surface area (Å²) in [6.07, 6.45) is 2.46. The molecule has 1 unspecified atom stereocenters. The lowest BCUT2D eigenvalue weighted by Gasteiger charge is -2.42. The number of amides is 2. The van der Waals surface area contributed by atoms with Gasteiger partial charge in [0, 0.05) is 30.3 Å². The van der Waals surface area contributed by atoms with Crippen molar-refractivity contribution < 1.29 is 22.4 Å². The zero-order chi connectivity index (χ0) is 28.3. The van der Waals surface area contributed by atoms with Gasteiger partial charge in [-0.2, -0.15) is 0 Å². The van der Waals surface area contributed by atoms with Gasteiger partial charge >= 0.3 is 0 Å². The highest BCUT2D eigenvalue weighted by Gasteiger charge is 2.42. The molecule has 0 aliphatic carbocycles. The molecule has 0 saturated carbocycles. The topological polar surface area (TPSA) is 134 Å². The summed E-state index contributed by atoms with van der Waals surface area (Å²) < 4.78 is 39.8. The van der Waals surface area contributed by atoms with Gasteiger partial charge in [-0.25, -0.2) is 17.8 Å². The third-order valence-corrected chi connectivity index (χ3v) is 8.27. The van der Waals surface area contributed by atoms with E-state index in [1.807, 2.05) is 0 Å². The van der Waals surface area contributed by atoms with E-state index >= 15 is 0 Å². The second-order valence-corrected chi connectivity index (χ2v) is 12.7. The lowest BCUT2D eigenvalue weighted by atomic mass is 9.99. The number of sulfone groups is 1. The van der Waals surface area contributed by atoms with Crippen molar-refractivity contribution in [3.63, 3.8) is 0 Å². The summed E-state index contributed by atoms with van der Waals surface area (Å²) in [5, 5.41) is 6.44. The molecule has 1 atom stereocenters. The molecule has 2 aromatic heterocycles. The van der Waals surface area contributed by atoms with E-state index in [-0.39, 0.29) is 30.8 Å². The first-order valence-corrected chi connectivity index (χ1v) is 14.3. The highest BCUT2D eigenvalue weighted by Crippen LogP contribution is 2.40. The number of halogens is 2. The van der Waals surface area contributed by atoms with Gasteiger partial charge in [0.1, 0.15) is 23.4 Å². The molecule has 0 spiro atoms. The Morgan fingerprint density at radius 1 is 1.26 bits per heavy atom. The van der Waals surface area contributed by atoms with Crippen LogP contribution in [0.1, 0.15) is 22.8 Å². The van der Waals surface area contributed by atoms with E-state index in [0.717, 1.165) is 16.4 Å². The first kappa shape index (κ1) is 26.9. The molecule has 1 saturated heterocycles. The van der Waals surface area contributed by atoms with Crippen LogP contribution in [0.25, 0.3) is 11.0 Å². The van der Waals surface area contributed by atoms with Crippen molar-refractivity contribution >= 4 is 55.7 Å². The Labute approximate surface area is 228 Å². The van der Waals surface area contributed by atoms with Gasteiger partial charge in [0.25, 0.3) is 11.5 Å². The fraction of sp³-hybridized carbons (Fsp3) is 0.360. The van der Waals surface area contributed by atoms with Gasteiger partial charge in [-0.15, -0.1) is 0 Å². The maximum absolute atomic E-state index is 14.0. The Balaban J connectivity index is 1.58. The number of hydrogen-bond donors (Lipinski definition) is 2. The quantitative estimate of drug-likeness (QED) is 0.453. The number of carbonyl (C=O) groups excluding carboxylic acids is 2. The van der Waals surface area contributed by atoms with Gasteiger partial charge < -0.3 is 20.4 Å². The predicted octanol–water partition coefficient (Wildman–Crippen LogP) is 1.74. The van der Waals surface area contributed by atoms with Gasteiger partial charge in [-0.1, -0.05) is 23.7 Å². The zero-order valence-electron chi connectivity index (χ0n) is 21.4. The van der Waals surface area contributed by atoms with Gasteiger partial charge in [0.2, 0.25) is 11.4 Å². The Bertz CT molecular complexity index is 1670. The Kier molecular flexibility index (Phi) is 6.54. The number of carbonyl (C=O) groups is 2. The van der Waals surface area contributed by atoms with Crippen LogP contribution < -0.4 is 21.1 Å². The number of benzene rings is 1. The van der Waals surface area contributed by atoms with Gasteiger partial charge in [0.05, 0.1) is 30.7 Å². The summed E-state index contributed by atoms with van der Waals surface area (Å²) >= 11 is 5.92. The van der Waals surface area contributed by atoms with Crippen molar-refractivity contribution in [1.82, 2.24) is 19.8 Å². The van der Waals surface area contributed by atoms with Crippen molar-refractivity contribution in [2.24, 2.45) is 0 Å².